The van der Waals surface area contributed by atoms with Gasteiger partial charge in [-0.1, -0.05) is 0 Å². The third kappa shape index (κ3) is 3.47. The molecule has 1 unspecified atom stereocenters. The second kappa shape index (κ2) is 6.64. The van der Waals surface area contributed by atoms with Crippen LogP contribution in [0.3, 0.4) is 0 Å². The number of pyridine rings is 1. The fraction of sp³-hybridized carbons (Fsp3) is 0.250. The number of anilines is 1. The highest BCUT2D eigenvalue weighted by atomic mass is 19.1. The smallest absolute Gasteiger partial charge is 0.255 e. The van der Waals surface area contributed by atoms with Gasteiger partial charge in [0.2, 0.25) is 0 Å². The van der Waals surface area contributed by atoms with Crippen molar-refractivity contribution in [1.82, 2.24) is 10.3 Å². The largest absolute Gasteiger partial charge is 0.369 e. The molecule has 0 bridgehead atoms. The quantitative estimate of drug-likeness (QED) is 0.911. The van der Waals surface area contributed by atoms with Crippen LogP contribution in [0.1, 0.15) is 22.2 Å². The fourth-order valence-electron chi connectivity index (χ4n) is 2.23. The van der Waals surface area contributed by atoms with Gasteiger partial charge >= 0.3 is 0 Å². The Balaban J connectivity index is 1.65. The predicted molar refractivity (Wildman–Crippen MR) is 80.2 cm³/mol. The van der Waals surface area contributed by atoms with Crippen LogP contribution in [0.5, 0.6) is 0 Å². The van der Waals surface area contributed by atoms with E-state index in [4.69, 9.17) is 4.74 Å². The summed E-state index contributed by atoms with van der Waals surface area (Å²) in [5.41, 5.74) is 1.80. The first-order chi connectivity index (χ1) is 10.7. The van der Waals surface area contributed by atoms with E-state index in [-0.39, 0.29) is 17.8 Å². The number of amides is 1. The van der Waals surface area contributed by atoms with Crippen molar-refractivity contribution >= 4 is 11.6 Å². The Kier molecular flexibility index (Phi) is 4.41. The third-order valence-corrected chi connectivity index (χ3v) is 3.41. The van der Waals surface area contributed by atoms with Crippen LogP contribution in [0, 0.1) is 5.82 Å². The minimum absolute atomic E-state index is 0.0596. The monoisotopic (exact) mass is 301 g/mol. The second-order valence-corrected chi connectivity index (χ2v) is 5.00. The predicted octanol–water partition coefficient (Wildman–Crippen LogP) is 2.13. The Hall–Kier alpha value is -2.31. The molecule has 0 radical (unpaired) electrons. The Morgan fingerprint density at radius 3 is 2.73 bits per heavy atom. The number of ether oxygens (including phenoxy) is 1. The van der Waals surface area contributed by atoms with Crippen LogP contribution in [-0.2, 0) is 4.74 Å². The number of morpholine rings is 1. The highest BCUT2D eigenvalue weighted by Gasteiger charge is 2.16. The molecule has 22 heavy (non-hydrogen) atoms. The van der Waals surface area contributed by atoms with Crippen molar-refractivity contribution in [2.45, 2.75) is 6.10 Å². The van der Waals surface area contributed by atoms with E-state index in [9.17, 15) is 9.18 Å². The zero-order valence-electron chi connectivity index (χ0n) is 11.9. The van der Waals surface area contributed by atoms with Gasteiger partial charge in [0.25, 0.3) is 5.91 Å². The number of carbonyl (C=O) groups excluding carboxylic acids is 1. The van der Waals surface area contributed by atoms with Crippen molar-refractivity contribution in [2.24, 2.45) is 0 Å². The maximum Gasteiger partial charge on any atom is 0.255 e. The molecular weight excluding hydrogens is 285 g/mol. The number of aromatic nitrogens is 1. The van der Waals surface area contributed by atoms with Crippen molar-refractivity contribution in [1.29, 1.82) is 0 Å². The van der Waals surface area contributed by atoms with E-state index < -0.39 is 0 Å². The highest BCUT2D eigenvalue weighted by molar-refractivity contribution is 6.04. The van der Waals surface area contributed by atoms with Gasteiger partial charge in [-0.2, -0.15) is 0 Å². The maximum atomic E-state index is 12.8. The van der Waals surface area contributed by atoms with E-state index in [2.05, 4.69) is 15.6 Å². The zero-order chi connectivity index (χ0) is 15.4. The molecule has 2 heterocycles. The lowest BCUT2D eigenvalue weighted by Crippen LogP contribution is -2.33. The molecule has 5 nitrogen and oxygen atoms in total. The number of rotatable bonds is 3. The molecular formula is C16H16FN3O2. The average Bonchev–Trinajstić information content (AvgIpc) is 2.57. The van der Waals surface area contributed by atoms with Gasteiger partial charge in [0.1, 0.15) is 11.9 Å². The van der Waals surface area contributed by atoms with Crippen molar-refractivity contribution in [2.75, 3.05) is 25.0 Å². The molecule has 2 N–H and O–H groups in total. The standard InChI is InChI=1S/C16H16FN3O2/c17-12-3-1-11(2-4-12)16(21)20-13-5-6-14(19-9-13)15-10-18-7-8-22-15/h1-6,9,15,18H,7-8,10H2,(H,20,21). The van der Waals surface area contributed by atoms with Crippen LogP contribution in [0.2, 0.25) is 0 Å². The highest BCUT2D eigenvalue weighted by Crippen LogP contribution is 2.18. The summed E-state index contributed by atoms with van der Waals surface area (Å²) in [7, 11) is 0. The summed E-state index contributed by atoms with van der Waals surface area (Å²) in [6.45, 7) is 2.24. The number of nitrogens with zero attached hydrogens (tertiary/aromatic N) is 1. The number of nitrogens with one attached hydrogen (secondary N) is 2. The minimum atomic E-state index is -0.372. The number of hydrogen-bond acceptors (Lipinski definition) is 4. The van der Waals surface area contributed by atoms with Gasteiger partial charge in [-0.25, -0.2) is 4.39 Å². The molecule has 0 saturated carbocycles. The number of benzene rings is 1. The summed E-state index contributed by atoms with van der Waals surface area (Å²) in [5, 5.41) is 5.97. The molecule has 114 valence electrons. The molecule has 1 saturated heterocycles. The number of halogens is 1. The summed E-state index contributed by atoms with van der Waals surface area (Å²) in [6, 6.07) is 9.00. The number of carbonyl (C=O) groups is 1. The van der Waals surface area contributed by atoms with Crippen molar-refractivity contribution in [3.63, 3.8) is 0 Å². The van der Waals surface area contributed by atoms with Gasteiger partial charge in [-0.05, 0) is 36.4 Å². The van der Waals surface area contributed by atoms with Crippen molar-refractivity contribution in [3.8, 4) is 0 Å². The number of hydrogen-bond donors (Lipinski definition) is 2. The Morgan fingerprint density at radius 1 is 1.27 bits per heavy atom. The average molecular weight is 301 g/mol. The SMILES string of the molecule is O=C(Nc1ccc(C2CNCCO2)nc1)c1ccc(F)cc1. The fourth-order valence-corrected chi connectivity index (χ4v) is 2.23. The summed E-state index contributed by atoms with van der Waals surface area (Å²) >= 11 is 0. The van der Waals surface area contributed by atoms with E-state index in [1.165, 1.54) is 24.3 Å². The minimum Gasteiger partial charge on any atom is -0.369 e. The summed E-state index contributed by atoms with van der Waals surface area (Å²) in [6.07, 6.45) is 1.53. The Labute approximate surface area is 127 Å². The Bertz CT molecular complexity index is 637. The molecule has 0 spiro atoms. The molecule has 1 aromatic carbocycles. The first-order valence-corrected chi connectivity index (χ1v) is 7.07. The van der Waals surface area contributed by atoms with E-state index in [1.54, 1.807) is 12.3 Å². The Morgan fingerprint density at radius 2 is 2.09 bits per heavy atom. The van der Waals surface area contributed by atoms with Crippen LogP contribution >= 0.6 is 0 Å². The van der Waals surface area contributed by atoms with Crippen LogP contribution in [0.25, 0.3) is 0 Å². The summed E-state index contributed by atoms with van der Waals surface area (Å²) in [5.74, 6) is -0.672. The van der Waals surface area contributed by atoms with Crippen LogP contribution < -0.4 is 10.6 Å². The molecule has 3 rings (SSSR count). The van der Waals surface area contributed by atoms with Gasteiger partial charge < -0.3 is 15.4 Å². The molecule has 1 aromatic heterocycles. The molecule has 1 amide bonds. The normalized spacial score (nSPS) is 18.0. The van der Waals surface area contributed by atoms with Gasteiger partial charge in [0, 0.05) is 18.7 Å². The molecule has 0 aliphatic carbocycles. The first-order valence-electron chi connectivity index (χ1n) is 7.07. The summed E-state index contributed by atoms with van der Waals surface area (Å²) in [4.78, 5) is 16.3. The third-order valence-electron chi connectivity index (χ3n) is 3.41. The maximum absolute atomic E-state index is 12.8. The molecule has 1 fully saturated rings. The first kappa shape index (κ1) is 14.6. The van der Waals surface area contributed by atoms with Gasteiger partial charge in [0.15, 0.2) is 0 Å². The molecule has 6 heteroatoms. The van der Waals surface area contributed by atoms with Crippen LogP contribution in [0.4, 0.5) is 10.1 Å². The second-order valence-electron chi connectivity index (χ2n) is 5.00. The lowest BCUT2D eigenvalue weighted by atomic mass is 10.2. The molecule has 1 aliphatic rings. The topological polar surface area (TPSA) is 63.2 Å². The van der Waals surface area contributed by atoms with Gasteiger partial charge in [-0.3, -0.25) is 9.78 Å². The van der Waals surface area contributed by atoms with Gasteiger partial charge in [-0.15, -0.1) is 0 Å². The lowest BCUT2D eigenvalue weighted by Gasteiger charge is -2.23. The van der Waals surface area contributed by atoms with Crippen molar-refractivity contribution in [3.05, 3.63) is 59.7 Å². The van der Waals surface area contributed by atoms with E-state index in [1.807, 2.05) is 6.07 Å². The lowest BCUT2D eigenvalue weighted by molar-refractivity contribution is 0.0250. The van der Waals surface area contributed by atoms with Crippen LogP contribution in [-0.4, -0.2) is 30.6 Å². The molecule has 1 aliphatic heterocycles. The molecule has 2 aromatic rings. The van der Waals surface area contributed by atoms with Crippen molar-refractivity contribution < 1.29 is 13.9 Å². The van der Waals surface area contributed by atoms with E-state index in [0.717, 1.165) is 18.8 Å². The van der Waals surface area contributed by atoms with Gasteiger partial charge in [0.05, 0.1) is 24.2 Å². The van der Waals surface area contributed by atoms with E-state index >= 15 is 0 Å². The van der Waals surface area contributed by atoms with E-state index in [0.29, 0.717) is 17.9 Å². The van der Waals surface area contributed by atoms with Crippen LogP contribution in [0.15, 0.2) is 42.6 Å². The molecule has 1 atom stereocenters. The summed E-state index contributed by atoms with van der Waals surface area (Å²) < 4.78 is 18.5. The zero-order valence-corrected chi connectivity index (χ0v) is 11.9.